The lowest BCUT2D eigenvalue weighted by atomic mass is 10.0. The summed E-state index contributed by atoms with van der Waals surface area (Å²) in [6.07, 6.45) is 3.45. The molecule has 0 aromatic heterocycles. The van der Waals surface area contributed by atoms with E-state index in [0.29, 0.717) is 5.75 Å². The van der Waals surface area contributed by atoms with Crippen LogP contribution in [-0.4, -0.2) is 14.2 Å². The Morgan fingerprint density at radius 1 is 1.40 bits per heavy atom. The van der Waals surface area contributed by atoms with Crippen LogP contribution < -0.4 is 0 Å². The van der Waals surface area contributed by atoms with Crippen molar-refractivity contribution in [3.8, 4) is 0 Å². The monoisotopic (exact) mass is 161 g/mol. The summed E-state index contributed by atoms with van der Waals surface area (Å²) in [4.78, 5) is 0. The van der Waals surface area contributed by atoms with Crippen molar-refractivity contribution in [2.24, 2.45) is 0 Å². The quantitative estimate of drug-likeness (QED) is 0.629. The van der Waals surface area contributed by atoms with Crippen molar-refractivity contribution in [3.63, 3.8) is 0 Å². The van der Waals surface area contributed by atoms with Gasteiger partial charge in [-0.15, -0.1) is 0 Å². The van der Waals surface area contributed by atoms with Gasteiger partial charge >= 0.3 is 0 Å². The first-order chi connectivity index (χ1) is 4.67. The third-order valence-electron chi connectivity index (χ3n) is 1.82. The van der Waals surface area contributed by atoms with E-state index in [9.17, 15) is 8.42 Å². The summed E-state index contributed by atoms with van der Waals surface area (Å²) in [6, 6.07) is 0. The van der Waals surface area contributed by atoms with Crippen molar-refractivity contribution in [2.75, 3.05) is 5.75 Å². The maximum absolute atomic E-state index is 11.2. The summed E-state index contributed by atoms with van der Waals surface area (Å²) in [5.74, 6) is 0.350. The van der Waals surface area contributed by atoms with Gasteiger partial charge in [-0.25, -0.2) is 8.42 Å². The van der Waals surface area contributed by atoms with E-state index in [4.69, 9.17) is 0 Å². The minimum absolute atomic E-state index is 0.350. The highest BCUT2D eigenvalue weighted by Gasteiger charge is 2.30. The fraction of sp³-hybridized carbons (Fsp3) is 0.857. The van der Waals surface area contributed by atoms with E-state index in [0.717, 1.165) is 30.9 Å². The van der Waals surface area contributed by atoms with Crippen molar-refractivity contribution in [1.29, 1.82) is 0 Å². The van der Waals surface area contributed by atoms with Crippen molar-refractivity contribution >= 4 is 9.84 Å². The summed E-state index contributed by atoms with van der Waals surface area (Å²) in [5, 5.41) is 0.786. The van der Waals surface area contributed by atoms with Crippen LogP contribution in [0.3, 0.4) is 0 Å². The highest BCUT2D eigenvalue weighted by Crippen LogP contribution is 2.34. The van der Waals surface area contributed by atoms with E-state index in [2.05, 4.69) is 0 Å². The molecule has 10 heavy (non-hydrogen) atoms. The van der Waals surface area contributed by atoms with Crippen LogP contribution >= 0.6 is 0 Å². The molecule has 0 atom stereocenters. The summed E-state index contributed by atoms with van der Waals surface area (Å²) in [5.41, 5.74) is 0. The van der Waals surface area contributed by atoms with Gasteiger partial charge in [-0.2, -0.15) is 0 Å². The van der Waals surface area contributed by atoms with E-state index in [1.807, 2.05) is 6.92 Å². The molecule has 2 nitrogen and oxygen atoms in total. The molecule has 0 bridgehead atoms. The van der Waals surface area contributed by atoms with Crippen LogP contribution in [0.2, 0.25) is 0 Å². The average molecular weight is 161 g/mol. The SMILES string of the molecule is CCCS(=O)(=O)[C]1CCC1. The van der Waals surface area contributed by atoms with Gasteiger partial charge in [0, 0.05) is 0 Å². The van der Waals surface area contributed by atoms with Crippen LogP contribution in [0, 0.1) is 5.25 Å². The standard InChI is InChI=1S/C7H13O2S/c1-2-6-10(8,9)7-4-3-5-7/h2-6H2,1H3. The first-order valence-corrected chi connectivity index (χ1v) is 5.39. The van der Waals surface area contributed by atoms with Gasteiger partial charge in [0.2, 0.25) is 0 Å². The second-order valence-electron chi connectivity index (χ2n) is 2.71. The Bertz CT molecular complexity index is 190. The topological polar surface area (TPSA) is 34.1 Å². The predicted molar refractivity (Wildman–Crippen MR) is 41.2 cm³/mol. The van der Waals surface area contributed by atoms with Crippen molar-refractivity contribution in [1.82, 2.24) is 0 Å². The summed E-state index contributed by atoms with van der Waals surface area (Å²) >= 11 is 0. The lowest BCUT2D eigenvalue weighted by molar-refractivity contribution is 0.548. The highest BCUT2D eigenvalue weighted by molar-refractivity contribution is 7.94. The Morgan fingerprint density at radius 2 is 2.00 bits per heavy atom. The summed E-state index contributed by atoms with van der Waals surface area (Å²) in [7, 11) is -2.76. The van der Waals surface area contributed by atoms with Crippen LogP contribution in [0.1, 0.15) is 32.6 Å². The van der Waals surface area contributed by atoms with Crippen LogP contribution in [0.4, 0.5) is 0 Å². The first kappa shape index (κ1) is 8.05. The van der Waals surface area contributed by atoms with Gasteiger partial charge < -0.3 is 0 Å². The Morgan fingerprint density at radius 3 is 2.30 bits per heavy atom. The fourth-order valence-electron chi connectivity index (χ4n) is 1.05. The molecule has 0 aliphatic heterocycles. The van der Waals surface area contributed by atoms with Gasteiger partial charge in [-0.3, -0.25) is 0 Å². The van der Waals surface area contributed by atoms with Crippen LogP contribution in [0.5, 0.6) is 0 Å². The number of hydrogen-bond donors (Lipinski definition) is 0. The molecular weight excluding hydrogens is 148 g/mol. The minimum atomic E-state index is -2.76. The third-order valence-corrected chi connectivity index (χ3v) is 4.06. The predicted octanol–water partition coefficient (Wildman–Crippen LogP) is 1.53. The number of sulfone groups is 1. The largest absolute Gasteiger partial charge is 0.228 e. The van der Waals surface area contributed by atoms with Crippen LogP contribution in [-0.2, 0) is 9.84 Å². The zero-order valence-corrected chi connectivity index (χ0v) is 7.08. The van der Waals surface area contributed by atoms with Crippen LogP contribution in [0.25, 0.3) is 0 Å². The maximum Gasteiger partial charge on any atom is 0.157 e. The van der Waals surface area contributed by atoms with Gasteiger partial charge in [0.1, 0.15) is 0 Å². The molecule has 0 aromatic rings. The second kappa shape index (κ2) is 2.91. The highest BCUT2D eigenvalue weighted by atomic mass is 32.2. The van der Waals surface area contributed by atoms with Gasteiger partial charge in [0.25, 0.3) is 0 Å². The van der Waals surface area contributed by atoms with Gasteiger partial charge in [-0.05, 0) is 19.3 Å². The molecule has 0 amide bonds. The van der Waals surface area contributed by atoms with Gasteiger partial charge in [-0.1, -0.05) is 13.3 Å². The molecule has 3 heteroatoms. The van der Waals surface area contributed by atoms with E-state index in [-0.39, 0.29) is 0 Å². The molecule has 1 rings (SSSR count). The molecule has 59 valence electrons. The average Bonchev–Trinajstić information content (AvgIpc) is 1.56. The molecule has 0 spiro atoms. The summed E-state index contributed by atoms with van der Waals surface area (Å²) < 4.78 is 22.4. The molecule has 0 unspecified atom stereocenters. The molecule has 1 radical (unpaired) electrons. The van der Waals surface area contributed by atoms with E-state index in [1.54, 1.807) is 0 Å². The molecule has 1 aliphatic rings. The third kappa shape index (κ3) is 1.51. The molecule has 0 N–H and O–H groups in total. The molecule has 0 saturated heterocycles. The summed E-state index contributed by atoms with van der Waals surface area (Å²) in [6.45, 7) is 1.90. The molecule has 1 fully saturated rings. The molecule has 0 heterocycles. The zero-order chi connectivity index (χ0) is 7.61. The molecular formula is C7H13O2S. The van der Waals surface area contributed by atoms with E-state index >= 15 is 0 Å². The Balaban J connectivity index is 2.50. The molecule has 1 aliphatic carbocycles. The van der Waals surface area contributed by atoms with Crippen LogP contribution in [0.15, 0.2) is 0 Å². The van der Waals surface area contributed by atoms with E-state index in [1.165, 1.54) is 0 Å². The normalized spacial score (nSPS) is 20.5. The zero-order valence-electron chi connectivity index (χ0n) is 6.26. The van der Waals surface area contributed by atoms with Crippen molar-refractivity contribution < 1.29 is 8.42 Å². The molecule has 1 saturated carbocycles. The Hall–Kier alpha value is -0.0500. The first-order valence-electron chi connectivity index (χ1n) is 3.74. The Labute approximate surface area is 62.5 Å². The Kier molecular flexibility index (Phi) is 2.34. The lowest BCUT2D eigenvalue weighted by Crippen LogP contribution is -2.22. The number of hydrogen-bond acceptors (Lipinski definition) is 2. The van der Waals surface area contributed by atoms with Gasteiger partial charge in [0.15, 0.2) is 9.84 Å². The maximum atomic E-state index is 11.2. The van der Waals surface area contributed by atoms with E-state index < -0.39 is 9.84 Å². The number of rotatable bonds is 3. The molecule has 0 aromatic carbocycles. The smallest absolute Gasteiger partial charge is 0.157 e. The van der Waals surface area contributed by atoms with Crippen molar-refractivity contribution in [3.05, 3.63) is 5.25 Å². The second-order valence-corrected chi connectivity index (χ2v) is 4.93. The fourth-order valence-corrected chi connectivity index (χ4v) is 2.78. The lowest BCUT2D eigenvalue weighted by Gasteiger charge is -2.23. The van der Waals surface area contributed by atoms with Crippen molar-refractivity contribution in [2.45, 2.75) is 32.6 Å². The van der Waals surface area contributed by atoms with Gasteiger partial charge in [0.05, 0.1) is 11.0 Å². The minimum Gasteiger partial charge on any atom is -0.228 e.